The van der Waals surface area contributed by atoms with Crippen molar-refractivity contribution in [3.8, 4) is 5.75 Å². The van der Waals surface area contributed by atoms with E-state index in [2.05, 4.69) is 20.1 Å². The highest BCUT2D eigenvalue weighted by Gasteiger charge is 2.36. The lowest BCUT2D eigenvalue weighted by molar-refractivity contribution is 0.178. The van der Waals surface area contributed by atoms with E-state index in [0.717, 1.165) is 30.1 Å². The number of rotatable bonds is 4. The molecule has 0 bridgehead atoms. The molecule has 2 aliphatic heterocycles. The SMILES string of the molecule is Cc1nnc([C@H]2CCCN2C(=O)NC2CCOc3c(F)cccc32)n1Cc1ccc(Cl)cc1. The van der Waals surface area contributed by atoms with Gasteiger partial charge < -0.3 is 19.5 Å². The third-order valence-corrected chi connectivity index (χ3v) is 6.61. The van der Waals surface area contributed by atoms with Crippen LogP contribution in [-0.2, 0) is 6.54 Å². The van der Waals surface area contributed by atoms with Gasteiger partial charge in [0.25, 0.3) is 0 Å². The number of likely N-dealkylation sites (tertiary alicyclic amines) is 1. The third-order valence-electron chi connectivity index (χ3n) is 6.35. The number of para-hydroxylation sites is 1. The van der Waals surface area contributed by atoms with Gasteiger partial charge in [-0.25, -0.2) is 9.18 Å². The molecule has 7 nitrogen and oxygen atoms in total. The molecule has 2 aliphatic rings. The lowest BCUT2D eigenvalue weighted by Gasteiger charge is -2.31. The number of nitrogens with one attached hydrogen (secondary N) is 1. The molecule has 3 aromatic rings. The minimum atomic E-state index is -0.406. The summed E-state index contributed by atoms with van der Waals surface area (Å²) in [4.78, 5) is 15.1. The van der Waals surface area contributed by atoms with Crippen LogP contribution < -0.4 is 10.1 Å². The Bertz CT molecular complexity index is 1170. The Labute approximate surface area is 196 Å². The van der Waals surface area contributed by atoms with Gasteiger partial charge in [-0.15, -0.1) is 10.2 Å². The van der Waals surface area contributed by atoms with E-state index in [0.29, 0.717) is 36.7 Å². The first-order valence-electron chi connectivity index (χ1n) is 11.1. The Morgan fingerprint density at radius 2 is 2.03 bits per heavy atom. The molecule has 33 heavy (non-hydrogen) atoms. The molecular formula is C24H25ClFN5O2. The van der Waals surface area contributed by atoms with Crippen molar-refractivity contribution in [3.63, 3.8) is 0 Å². The highest BCUT2D eigenvalue weighted by atomic mass is 35.5. The van der Waals surface area contributed by atoms with Gasteiger partial charge in [0, 0.05) is 23.6 Å². The second-order valence-corrected chi connectivity index (χ2v) is 8.90. The number of carbonyl (C=O) groups excluding carboxylic acids is 1. The number of hydrogen-bond acceptors (Lipinski definition) is 4. The van der Waals surface area contributed by atoms with E-state index in [9.17, 15) is 9.18 Å². The van der Waals surface area contributed by atoms with Crippen LogP contribution in [0, 0.1) is 12.7 Å². The molecule has 2 aromatic carbocycles. The summed E-state index contributed by atoms with van der Waals surface area (Å²) in [5.41, 5.74) is 1.76. The van der Waals surface area contributed by atoms with Gasteiger partial charge in [-0.1, -0.05) is 35.9 Å². The quantitative estimate of drug-likeness (QED) is 0.596. The number of nitrogens with zero attached hydrogens (tertiary/aromatic N) is 4. The van der Waals surface area contributed by atoms with Crippen molar-refractivity contribution in [2.45, 2.75) is 44.8 Å². The zero-order valence-corrected chi connectivity index (χ0v) is 19.1. The van der Waals surface area contributed by atoms with Gasteiger partial charge in [0.1, 0.15) is 5.82 Å². The molecule has 1 unspecified atom stereocenters. The maximum Gasteiger partial charge on any atom is 0.318 e. The molecule has 9 heteroatoms. The second kappa shape index (κ2) is 9.02. The molecule has 172 valence electrons. The number of halogens is 2. The Hall–Kier alpha value is -3.13. The molecule has 1 fully saturated rings. The highest BCUT2D eigenvalue weighted by Crippen LogP contribution is 2.36. The van der Waals surface area contributed by atoms with Crippen molar-refractivity contribution in [2.75, 3.05) is 13.2 Å². The molecule has 1 saturated heterocycles. The largest absolute Gasteiger partial charge is 0.490 e. The maximum atomic E-state index is 14.1. The third kappa shape index (κ3) is 4.27. The summed E-state index contributed by atoms with van der Waals surface area (Å²) in [6, 6.07) is 11.8. The summed E-state index contributed by atoms with van der Waals surface area (Å²) in [6.07, 6.45) is 2.28. The van der Waals surface area contributed by atoms with E-state index < -0.39 is 5.82 Å². The first-order valence-corrected chi connectivity index (χ1v) is 11.5. The van der Waals surface area contributed by atoms with Crippen molar-refractivity contribution in [1.29, 1.82) is 0 Å². The van der Waals surface area contributed by atoms with Crippen LogP contribution in [0.1, 0.15) is 54.1 Å². The van der Waals surface area contributed by atoms with E-state index in [1.165, 1.54) is 6.07 Å². The standard InChI is InChI=1S/C24H25ClFN5O2/c1-15-28-29-23(31(15)14-16-7-9-17(25)10-8-16)21-6-3-12-30(21)24(32)27-20-11-13-33-22-18(20)4-2-5-19(22)26/h2,4-5,7-10,20-21H,3,6,11-14H2,1H3,(H,27,32)/t20?,21-/m1/s1. The Balaban J connectivity index is 1.36. The number of carbonyl (C=O) groups is 1. The number of aryl methyl sites for hydroxylation is 1. The van der Waals surface area contributed by atoms with Crippen molar-refractivity contribution in [2.24, 2.45) is 0 Å². The van der Waals surface area contributed by atoms with E-state index >= 15 is 0 Å². The van der Waals surface area contributed by atoms with E-state index in [-0.39, 0.29) is 23.9 Å². The maximum absolute atomic E-state index is 14.1. The normalized spacial score (nSPS) is 19.8. The molecule has 1 N–H and O–H groups in total. The van der Waals surface area contributed by atoms with Gasteiger partial charge in [-0.3, -0.25) is 0 Å². The summed E-state index contributed by atoms with van der Waals surface area (Å²) in [7, 11) is 0. The van der Waals surface area contributed by atoms with Crippen LogP contribution in [0.15, 0.2) is 42.5 Å². The number of aromatic nitrogens is 3. The minimum Gasteiger partial charge on any atom is -0.490 e. The van der Waals surface area contributed by atoms with Crippen molar-refractivity contribution >= 4 is 17.6 Å². The molecule has 0 radical (unpaired) electrons. The predicted molar refractivity (Wildman–Crippen MR) is 122 cm³/mol. The first kappa shape index (κ1) is 21.7. The van der Waals surface area contributed by atoms with Crippen LogP contribution in [0.2, 0.25) is 5.02 Å². The van der Waals surface area contributed by atoms with Crippen molar-refractivity contribution < 1.29 is 13.9 Å². The Morgan fingerprint density at radius 3 is 2.85 bits per heavy atom. The predicted octanol–water partition coefficient (Wildman–Crippen LogP) is 4.80. The van der Waals surface area contributed by atoms with E-state index in [1.54, 1.807) is 12.1 Å². The number of fused-ring (bicyclic) bond motifs is 1. The van der Waals surface area contributed by atoms with Gasteiger partial charge in [-0.05, 0) is 43.5 Å². The lowest BCUT2D eigenvalue weighted by atomic mass is 10.0. The number of benzene rings is 2. The van der Waals surface area contributed by atoms with Crippen LogP contribution in [0.3, 0.4) is 0 Å². The van der Waals surface area contributed by atoms with Gasteiger partial charge >= 0.3 is 6.03 Å². The summed E-state index contributed by atoms with van der Waals surface area (Å²) in [5.74, 6) is 1.39. The molecule has 5 rings (SSSR count). The van der Waals surface area contributed by atoms with E-state index in [1.807, 2.05) is 36.1 Å². The topological polar surface area (TPSA) is 72.3 Å². The van der Waals surface area contributed by atoms with Gasteiger partial charge in [0.2, 0.25) is 0 Å². The molecule has 0 aliphatic carbocycles. The van der Waals surface area contributed by atoms with Gasteiger partial charge in [0.15, 0.2) is 17.4 Å². The lowest BCUT2D eigenvalue weighted by Crippen LogP contribution is -2.43. The minimum absolute atomic E-state index is 0.176. The molecular weight excluding hydrogens is 445 g/mol. The number of urea groups is 1. The van der Waals surface area contributed by atoms with Crippen LogP contribution in [0.5, 0.6) is 5.75 Å². The summed E-state index contributed by atoms with van der Waals surface area (Å²) >= 11 is 6.02. The summed E-state index contributed by atoms with van der Waals surface area (Å²) in [5, 5.41) is 12.5. The Morgan fingerprint density at radius 1 is 1.21 bits per heavy atom. The zero-order valence-electron chi connectivity index (χ0n) is 18.3. The van der Waals surface area contributed by atoms with Crippen LogP contribution in [0.4, 0.5) is 9.18 Å². The molecule has 0 saturated carbocycles. The monoisotopic (exact) mass is 469 g/mol. The summed E-state index contributed by atoms with van der Waals surface area (Å²) < 4.78 is 21.7. The average molecular weight is 470 g/mol. The van der Waals surface area contributed by atoms with Crippen molar-refractivity contribution in [3.05, 3.63) is 76.1 Å². The fraction of sp³-hybridized carbons (Fsp3) is 0.375. The zero-order chi connectivity index (χ0) is 22.9. The van der Waals surface area contributed by atoms with Gasteiger partial charge in [-0.2, -0.15) is 0 Å². The summed E-state index contributed by atoms with van der Waals surface area (Å²) in [6.45, 7) is 3.50. The van der Waals surface area contributed by atoms with Crippen molar-refractivity contribution in [1.82, 2.24) is 25.0 Å². The van der Waals surface area contributed by atoms with Crippen LogP contribution in [-0.4, -0.2) is 38.8 Å². The van der Waals surface area contributed by atoms with E-state index in [4.69, 9.17) is 16.3 Å². The smallest absolute Gasteiger partial charge is 0.318 e. The number of amides is 2. The second-order valence-electron chi connectivity index (χ2n) is 8.47. The van der Waals surface area contributed by atoms with Crippen LogP contribution >= 0.6 is 11.6 Å². The number of hydrogen-bond donors (Lipinski definition) is 1. The number of ether oxygens (including phenoxy) is 1. The Kier molecular flexibility index (Phi) is 5.93. The molecule has 2 amide bonds. The highest BCUT2D eigenvalue weighted by molar-refractivity contribution is 6.30. The molecule has 2 atom stereocenters. The van der Waals surface area contributed by atoms with Gasteiger partial charge in [0.05, 0.1) is 25.2 Å². The van der Waals surface area contributed by atoms with Crippen LogP contribution in [0.25, 0.3) is 0 Å². The average Bonchev–Trinajstić information content (AvgIpc) is 3.43. The fourth-order valence-electron chi connectivity index (χ4n) is 4.66. The molecule has 1 aromatic heterocycles. The molecule has 3 heterocycles. The molecule has 0 spiro atoms. The fourth-order valence-corrected chi connectivity index (χ4v) is 4.78. The first-order chi connectivity index (χ1) is 16.0.